The Morgan fingerprint density at radius 1 is 0.608 bits per heavy atom. The average Bonchev–Trinajstić information content (AvgIpc) is 1.49. The van der Waals surface area contributed by atoms with Crippen molar-refractivity contribution < 1.29 is 129 Å². The number of hydrogen-bond acceptors (Lipinski definition) is 31. The van der Waals surface area contributed by atoms with Gasteiger partial charge in [0.2, 0.25) is 53.6 Å². The smallest absolute Gasteiger partial charge is 0.246 e. The molecule has 38 heteroatoms. The van der Waals surface area contributed by atoms with Crippen LogP contribution in [0.1, 0.15) is 44.2 Å². The van der Waals surface area contributed by atoms with E-state index in [0.29, 0.717) is 5.56 Å². The van der Waals surface area contributed by atoms with Crippen molar-refractivity contribution in [3.05, 3.63) is 65.7 Å². The molecule has 538 valence electrons. The van der Waals surface area contributed by atoms with Crippen molar-refractivity contribution in [2.75, 3.05) is 46.1 Å². The minimum Gasteiger partial charge on any atom is -0.462 e. The first kappa shape index (κ1) is 75.3. The van der Waals surface area contributed by atoms with E-state index in [4.69, 9.17) is 29.4 Å². The summed E-state index contributed by atoms with van der Waals surface area (Å²) in [5.41, 5.74) is 6.62. The van der Waals surface area contributed by atoms with Crippen molar-refractivity contribution in [2.24, 2.45) is 21.6 Å². The summed E-state index contributed by atoms with van der Waals surface area (Å²) >= 11 is 0. The molecule has 4 fully saturated rings. The number of rotatable bonds is 19. The van der Waals surface area contributed by atoms with Gasteiger partial charge in [0.25, 0.3) is 0 Å². The second kappa shape index (κ2) is 33.4. The average molecular weight is 1380 g/mol. The van der Waals surface area contributed by atoms with Gasteiger partial charge in [-0.15, -0.1) is 0 Å². The number of nitrogens with zero attached hydrogens (tertiary/aromatic N) is 3. The topological polar surface area (TPSA) is 599 Å². The number of hydrogen-bond donors (Lipinski definition) is 23. The first-order valence-corrected chi connectivity index (χ1v) is 31.2. The lowest BCUT2D eigenvalue weighted by Gasteiger charge is -2.47. The molecule has 8 rings (SSSR count). The molecule has 0 aromatic heterocycles. The zero-order valence-corrected chi connectivity index (χ0v) is 52.7. The van der Waals surface area contributed by atoms with Crippen molar-refractivity contribution in [3.63, 3.8) is 0 Å². The Labute approximate surface area is 553 Å². The van der Waals surface area contributed by atoms with Crippen LogP contribution in [0.4, 0.5) is 0 Å². The molecule has 6 aliphatic rings. The molecule has 0 bridgehead atoms. The van der Waals surface area contributed by atoms with Gasteiger partial charge >= 0.3 is 0 Å². The van der Waals surface area contributed by atoms with E-state index >= 15 is 9.59 Å². The van der Waals surface area contributed by atoms with Gasteiger partial charge in [0, 0.05) is 18.8 Å². The number of ether oxygens (including phenoxy) is 5. The maximum atomic E-state index is 15.2. The minimum atomic E-state index is -2.42. The third-order valence-corrected chi connectivity index (χ3v) is 17.3. The maximum Gasteiger partial charge on any atom is 0.246 e. The Hall–Kier alpha value is -7.45. The number of carbonyl (C=O) groups excluding carboxylic acids is 7. The Kier molecular flexibility index (Phi) is 25.9. The summed E-state index contributed by atoms with van der Waals surface area (Å²) in [6.07, 6.45) is -32.4. The second-order valence-corrected chi connectivity index (χ2v) is 24.7. The zero-order valence-electron chi connectivity index (χ0n) is 52.7. The molecule has 6 heterocycles. The molecule has 0 spiro atoms. The summed E-state index contributed by atoms with van der Waals surface area (Å²) < 4.78 is 28.5. The van der Waals surface area contributed by atoms with Crippen LogP contribution in [0.25, 0.3) is 0 Å². The fourth-order valence-corrected chi connectivity index (χ4v) is 11.8. The Morgan fingerprint density at radius 3 is 1.80 bits per heavy atom. The highest BCUT2D eigenvalue weighted by Crippen LogP contribution is 2.33. The van der Waals surface area contributed by atoms with Crippen LogP contribution in [0.3, 0.4) is 0 Å². The third-order valence-electron chi connectivity index (χ3n) is 17.3. The van der Waals surface area contributed by atoms with Crippen LogP contribution < -0.4 is 53.0 Å². The van der Waals surface area contributed by atoms with E-state index in [0.717, 1.165) is 4.90 Å². The summed E-state index contributed by atoms with van der Waals surface area (Å²) in [5, 5.41) is 172. The number of aliphatic hydroxyl groups is 14. The van der Waals surface area contributed by atoms with Crippen LogP contribution in [-0.2, 0) is 58.9 Å². The molecule has 0 saturated carbocycles. The van der Waals surface area contributed by atoms with E-state index in [9.17, 15) is 95.5 Å². The van der Waals surface area contributed by atoms with Gasteiger partial charge in [-0.1, -0.05) is 63.2 Å². The molecule has 0 radical (unpaired) electrons. The lowest BCUT2D eigenvalue weighted by atomic mass is 9.92. The van der Waals surface area contributed by atoms with Crippen LogP contribution in [0, 0.1) is 5.92 Å². The normalized spacial score (nSPS) is 36.0. The lowest BCUT2D eigenvalue weighted by molar-refractivity contribution is -0.352. The predicted molar refractivity (Wildman–Crippen MR) is 327 cm³/mol. The van der Waals surface area contributed by atoms with Crippen molar-refractivity contribution in [3.8, 4) is 5.75 Å². The quantitative estimate of drug-likeness (QED) is 0.0621. The van der Waals surface area contributed by atoms with Crippen molar-refractivity contribution >= 4 is 53.3 Å². The van der Waals surface area contributed by atoms with Gasteiger partial charge < -0.3 is 143 Å². The first-order chi connectivity index (χ1) is 46.1. The molecule has 38 nitrogen and oxygen atoms in total. The highest BCUT2D eigenvalue weighted by atomic mass is 16.7. The van der Waals surface area contributed by atoms with Gasteiger partial charge in [-0.25, -0.2) is 0 Å². The molecule has 24 N–H and O–H groups in total. The monoisotopic (exact) mass is 1380 g/mol. The third kappa shape index (κ3) is 17.7. The Morgan fingerprint density at radius 2 is 1.19 bits per heavy atom. The van der Waals surface area contributed by atoms with E-state index in [1.807, 2.05) is 0 Å². The predicted octanol–water partition coefficient (Wildman–Crippen LogP) is -12.4. The molecule has 7 amide bonds. The molecule has 25 atom stereocenters. The van der Waals surface area contributed by atoms with Gasteiger partial charge in [0.15, 0.2) is 18.5 Å². The molecule has 6 aliphatic heterocycles. The van der Waals surface area contributed by atoms with Gasteiger partial charge in [-0.3, -0.25) is 48.9 Å². The summed E-state index contributed by atoms with van der Waals surface area (Å²) in [7, 11) is 0. The van der Waals surface area contributed by atoms with Gasteiger partial charge in [-0.05, 0) is 29.2 Å². The number of nitrogens with two attached hydrogens (primary N) is 1. The largest absolute Gasteiger partial charge is 0.462 e. The highest BCUT2D eigenvalue weighted by molar-refractivity contribution is 6.00. The van der Waals surface area contributed by atoms with Crippen LogP contribution >= 0.6 is 0 Å². The molecular formula is C59H86N12O26. The van der Waals surface area contributed by atoms with E-state index in [1.54, 1.807) is 51.1 Å². The fraction of sp³-hybridized carbons (Fsp3) is 0.644. The number of aliphatic hydroxyl groups excluding tert-OH is 14. The Balaban J connectivity index is 1.13. The van der Waals surface area contributed by atoms with Gasteiger partial charge in [-0.2, -0.15) is 0 Å². The second-order valence-electron chi connectivity index (χ2n) is 24.7. The van der Waals surface area contributed by atoms with Gasteiger partial charge in [0.1, 0.15) is 121 Å². The van der Waals surface area contributed by atoms with Crippen molar-refractivity contribution in [1.29, 1.82) is 0 Å². The van der Waals surface area contributed by atoms with Crippen molar-refractivity contribution in [1.82, 2.24) is 47.4 Å². The molecule has 2 aromatic carbocycles. The van der Waals surface area contributed by atoms with E-state index < -0.39 is 246 Å². The first-order valence-electron chi connectivity index (χ1n) is 31.2. The lowest BCUT2D eigenvalue weighted by Crippen LogP contribution is -2.70. The summed E-state index contributed by atoms with van der Waals surface area (Å²) in [6, 6.07) is 0.435. The summed E-state index contributed by atoms with van der Waals surface area (Å²) in [5.74, 6) is -10.0. The van der Waals surface area contributed by atoms with E-state index in [1.165, 1.54) is 24.3 Å². The number of nitrogens with one attached hydrogen (secondary N) is 8. The van der Waals surface area contributed by atoms with E-state index in [2.05, 4.69) is 52.5 Å². The molecular weight excluding hydrogens is 1290 g/mol. The fourth-order valence-electron chi connectivity index (χ4n) is 11.8. The number of aliphatic imine (C=N–C) groups is 2. The minimum absolute atomic E-state index is 0.0844. The molecule has 4 saturated heterocycles. The number of benzene rings is 2. The number of carbonyl (C=O) groups is 7. The van der Waals surface area contributed by atoms with Crippen LogP contribution in [-0.4, -0.2) is 322 Å². The van der Waals surface area contributed by atoms with Crippen LogP contribution in [0.5, 0.6) is 5.75 Å². The summed E-state index contributed by atoms with van der Waals surface area (Å²) in [4.78, 5) is 111. The molecule has 0 aliphatic carbocycles. The van der Waals surface area contributed by atoms with Crippen LogP contribution in [0.15, 0.2) is 64.6 Å². The molecule has 2 aromatic rings. The highest BCUT2D eigenvalue weighted by Gasteiger charge is 2.55. The molecule has 97 heavy (non-hydrogen) atoms. The van der Waals surface area contributed by atoms with Crippen molar-refractivity contribution in [2.45, 2.75) is 186 Å². The SMILES string of the molecule is CC(C)CC(=O)NC1=NCC(C(O)[C@H]2NC(=O)[C@H](C(O)C3CN=C(N)N3)NC(=O)[C@@H](Cc3ccc(O[C@H]4O[C@H](CO)[C@@H](O[C@H]5O[C@H](CO)[C@@H](O)[C@H](O)[C@@H]5O)[C@H](O)[C@@H]4O)cc3)NC(=O)[C@H](C(C)c3ccccc3)NC(=O)CNC(=O)[C@H](CO)NC2=O)N1[C@@H]1O[C@H](CO)[C@@H](O)[C@H](O)[C@@H]1O. The van der Waals surface area contributed by atoms with Crippen LogP contribution in [0.2, 0.25) is 0 Å². The van der Waals surface area contributed by atoms with E-state index in [-0.39, 0.29) is 36.2 Å². The maximum absolute atomic E-state index is 15.2. The zero-order chi connectivity index (χ0) is 70.9. The molecule has 5 unspecified atom stereocenters. The number of amides is 7. The summed E-state index contributed by atoms with van der Waals surface area (Å²) in [6.45, 7) is -0.767. The number of guanidine groups is 2. The Bertz CT molecular complexity index is 3100. The standard InChI is InChI=1S/C59H86N12O26/c1-22(2)13-34(76)68-59-63-16-30(71(59)55-46(85)43(82)41(80)31(19-73)94-55)40(79)38-53(91)65-29(18-72)50(88)61-17-35(77)67-36(23(3)25-7-5-4-6-8-25)52(90)64-27(51(89)69-37(54(92)70-38)39(78)28-15-62-58(60)66-28)14-24-9-11-26(12-10-24)93-56-48(87)45(84)49(33(21-75)96-56)97-57-47(86)44(83)42(81)32(20-74)95-57/h4-12,22-23,27-33,36-49,55-57,72-75,78-87H,13-21H2,1-3H3,(H,61,88)(H,64,90)(H,65,91)(H,67,77)(H,69,89)(H,70,92)(H3,60,62,66)(H,63,68,76)/t23?,27-,28?,29+,30?,31-,32-,33-,36+,37+,38-,39?,40?,41-,42-,43+,44+,45-,46+,47+,48+,49-,55-,56+,57-/m1/s1. The van der Waals surface area contributed by atoms with Gasteiger partial charge in [0.05, 0.1) is 58.1 Å².